The van der Waals surface area contributed by atoms with E-state index in [1.165, 1.54) is 0 Å². The molecule has 0 saturated carbocycles. The van der Waals surface area contributed by atoms with Gasteiger partial charge in [-0.25, -0.2) is 9.97 Å². The fourth-order valence-corrected chi connectivity index (χ4v) is 3.18. The van der Waals surface area contributed by atoms with E-state index in [-0.39, 0.29) is 0 Å². The lowest BCUT2D eigenvalue weighted by molar-refractivity contribution is 0.175. The third-order valence-electron chi connectivity index (χ3n) is 3.74. The highest BCUT2D eigenvalue weighted by molar-refractivity contribution is 9.10. The summed E-state index contributed by atoms with van der Waals surface area (Å²) in [4.78, 5) is 9.08. The van der Waals surface area contributed by atoms with Gasteiger partial charge >= 0.3 is 0 Å². The molecule has 1 saturated heterocycles. The molecule has 19 heavy (non-hydrogen) atoms. The van der Waals surface area contributed by atoms with Crippen molar-refractivity contribution in [1.29, 1.82) is 0 Å². The van der Waals surface area contributed by atoms with Gasteiger partial charge in [-0.2, -0.15) is 0 Å². The molecule has 2 unspecified atom stereocenters. The summed E-state index contributed by atoms with van der Waals surface area (Å²) in [6.45, 7) is 3.84. The predicted molar refractivity (Wildman–Crippen MR) is 78.4 cm³/mol. The monoisotopic (exact) mass is 343 g/mol. The molecule has 3 heterocycles. The zero-order valence-corrected chi connectivity index (χ0v) is 13.0. The molecule has 0 radical (unpaired) electrons. The van der Waals surface area contributed by atoms with Crippen LogP contribution in [0.4, 0.5) is 0 Å². The van der Waals surface area contributed by atoms with Gasteiger partial charge in [-0.3, -0.25) is 0 Å². The van der Waals surface area contributed by atoms with E-state index in [1.807, 2.05) is 6.07 Å². The average Bonchev–Trinajstić information content (AvgIpc) is 3.04. The molecule has 4 nitrogen and oxygen atoms in total. The SMILES string of the molecule is CC(C1CCOC1)n1c(CCl)nc2cc(Br)cnc21. The van der Waals surface area contributed by atoms with E-state index in [1.54, 1.807) is 6.20 Å². The summed E-state index contributed by atoms with van der Waals surface area (Å²) in [6.07, 6.45) is 2.88. The van der Waals surface area contributed by atoms with Gasteiger partial charge in [0.25, 0.3) is 0 Å². The standard InChI is InChI=1S/C13H15BrClN3O/c1-8(9-2-3-19-7-9)18-12(5-15)17-11-4-10(14)6-16-13(11)18/h4,6,8-9H,2-3,5,7H2,1H3. The van der Waals surface area contributed by atoms with Gasteiger partial charge < -0.3 is 9.30 Å². The van der Waals surface area contributed by atoms with Gasteiger partial charge in [-0.15, -0.1) is 11.6 Å². The van der Waals surface area contributed by atoms with E-state index >= 15 is 0 Å². The van der Waals surface area contributed by atoms with Gasteiger partial charge in [0.1, 0.15) is 11.3 Å². The second-order valence-electron chi connectivity index (χ2n) is 4.89. The van der Waals surface area contributed by atoms with Gasteiger partial charge in [0.15, 0.2) is 5.65 Å². The number of hydrogen-bond donors (Lipinski definition) is 0. The lowest BCUT2D eigenvalue weighted by Gasteiger charge is -2.21. The maximum absolute atomic E-state index is 6.04. The molecule has 102 valence electrons. The van der Waals surface area contributed by atoms with Crippen LogP contribution in [0, 0.1) is 5.92 Å². The lowest BCUT2D eigenvalue weighted by Crippen LogP contribution is -2.19. The Balaban J connectivity index is 2.09. The van der Waals surface area contributed by atoms with Crippen molar-refractivity contribution in [3.8, 4) is 0 Å². The molecule has 6 heteroatoms. The number of pyridine rings is 1. The summed E-state index contributed by atoms with van der Waals surface area (Å²) in [6, 6.07) is 2.28. The van der Waals surface area contributed by atoms with Crippen molar-refractivity contribution in [2.75, 3.05) is 13.2 Å². The zero-order valence-electron chi connectivity index (χ0n) is 10.6. The number of hydrogen-bond acceptors (Lipinski definition) is 3. The molecule has 2 aromatic rings. The Morgan fingerprint density at radius 1 is 1.63 bits per heavy atom. The quantitative estimate of drug-likeness (QED) is 0.800. The number of aromatic nitrogens is 3. The summed E-state index contributed by atoms with van der Waals surface area (Å²) in [5.41, 5.74) is 1.79. The highest BCUT2D eigenvalue weighted by atomic mass is 79.9. The van der Waals surface area contributed by atoms with Gasteiger partial charge in [-0.05, 0) is 35.3 Å². The number of nitrogens with zero attached hydrogens (tertiary/aromatic N) is 3. The molecule has 2 aromatic heterocycles. The van der Waals surface area contributed by atoms with Crippen molar-refractivity contribution in [2.24, 2.45) is 5.92 Å². The fraction of sp³-hybridized carbons (Fsp3) is 0.538. The molecule has 0 bridgehead atoms. The van der Waals surface area contributed by atoms with E-state index in [9.17, 15) is 0 Å². The Labute approximate surface area is 125 Å². The molecule has 1 aliphatic rings. The number of ether oxygens (including phenoxy) is 1. The molecular weight excluding hydrogens is 330 g/mol. The summed E-state index contributed by atoms with van der Waals surface area (Å²) >= 11 is 9.47. The van der Waals surface area contributed by atoms with Gasteiger partial charge in [0.2, 0.25) is 0 Å². The van der Waals surface area contributed by atoms with Crippen LogP contribution in [0.1, 0.15) is 25.2 Å². The summed E-state index contributed by atoms with van der Waals surface area (Å²) in [5, 5.41) is 0. The third-order valence-corrected chi connectivity index (χ3v) is 4.42. The minimum atomic E-state index is 0.301. The smallest absolute Gasteiger partial charge is 0.160 e. The van der Waals surface area contributed by atoms with Crippen LogP contribution in [0.25, 0.3) is 11.2 Å². The maximum atomic E-state index is 6.04. The van der Waals surface area contributed by atoms with E-state index in [4.69, 9.17) is 16.3 Å². The highest BCUT2D eigenvalue weighted by Gasteiger charge is 2.27. The summed E-state index contributed by atoms with van der Waals surface area (Å²) < 4.78 is 8.58. The average molecular weight is 345 g/mol. The number of alkyl halides is 1. The van der Waals surface area contributed by atoms with Crippen molar-refractivity contribution in [1.82, 2.24) is 14.5 Å². The molecule has 2 atom stereocenters. The third kappa shape index (κ3) is 2.39. The second-order valence-corrected chi connectivity index (χ2v) is 6.08. The largest absolute Gasteiger partial charge is 0.381 e. The van der Waals surface area contributed by atoms with Crippen molar-refractivity contribution in [2.45, 2.75) is 25.3 Å². The molecule has 0 N–H and O–H groups in total. The second kappa shape index (κ2) is 5.38. The van der Waals surface area contributed by atoms with Crippen molar-refractivity contribution < 1.29 is 4.74 Å². The molecule has 3 rings (SSSR count). The van der Waals surface area contributed by atoms with E-state index in [0.717, 1.165) is 41.1 Å². The van der Waals surface area contributed by atoms with Gasteiger partial charge in [0, 0.05) is 29.2 Å². The summed E-state index contributed by atoms with van der Waals surface area (Å²) in [7, 11) is 0. The van der Waals surface area contributed by atoms with Crippen molar-refractivity contribution in [3.05, 3.63) is 22.6 Å². The molecule has 0 amide bonds. The van der Waals surface area contributed by atoms with E-state index in [2.05, 4.69) is 37.4 Å². The molecule has 1 fully saturated rings. The Hall–Kier alpha value is -0.650. The van der Waals surface area contributed by atoms with Crippen molar-refractivity contribution >= 4 is 38.7 Å². The molecule has 1 aliphatic heterocycles. The normalized spacial score (nSPS) is 21.1. The molecule has 0 aromatic carbocycles. The van der Waals surface area contributed by atoms with Crippen LogP contribution in [-0.4, -0.2) is 27.7 Å². The van der Waals surface area contributed by atoms with Crippen LogP contribution in [0.2, 0.25) is 0 Å². The lowest BCUT2D eigenvalue weighted by atomic mass is 10.0. The first kappa shape index (κ1) is 13.3. The van der Waals surface area contributed by atoms with E-state index in [0.29, 0.717) is 17.8 Å². The predicted octanol–water partition coefficient (Wildman–Crippen LogP) is 3.53. The van der Waals surface area contributed by atoms with Crippen LogP contribution in [0.5, 0.6) is 0 Å². The van der Waals surface area contributed by atoms with Gasteiger partial charge in [0.05, 0.1) is 12.5 Å². The highest BCUT2D eigenvalue weighted by Crippen LogP contribution is 2.31. The summed E-state index contributed by atoms with van der Waals surface area (Å²) in [5.74, 6) is 1.78. The van der Waals surface area contributed by atoms with E-state index < -0.39 is 0 Å². The number of imidazole rings is 1. The molecule has 0 aliphatic carbocycles. The zero-order chi connectivity index (χ0) is 13.4. The Morgan fingerprint density at radius 2 is 2.47 bits per heavy atom. The first-order valence-electron chi connectivity index (χ1n) is 6.36. The maximum Gasteiger partial charge on any atom is 0.160 e. The minimum Gasteiger partial charge on any atom is -0.381 e. The Morgan fingerprint density at radius 3 is 3.16 bits per heavy atom. The van der Waals surface area contributed by atoms with Gasteiger partial charge in [-0.1, -0.05) is 0 Å². The Bertz CT molecular complexity index is 595. The first-order valence-corrected chi connectivity index (χ1v) is 7.69. The van der Waals surface area contributed by atoms with Crippen LogP contribution in [-0.2, 0) is 10.6 Å². The topological polar surface area (TPSA) is 39.9 Å². The first-order chi connectivity index (χ1) is 9.20. The van der Waals surface area contributed by atoms with Crippen molar-refractivity contribution in [3.63, 3.8) is 0 Å². The Kier molecular flexibility index (Phi) is 3.78. The van der Waals surface area contributed by atoms with Crippen LogP contribution >= 0.6 is 27.5 Å². The number of halogens is 2. The molecule has 0 spiro atoms. The molecular formula is C13H15BrClN3O. The number of fused-ring (bicyclic) bond motifs is 1. The van der Waals surface area contributed by atoms with Crippen LogP contribution in [0.3, 0.4) is 0 Å². The number of rotatable bonds is 3. The van der Waals surface area contributed by atoms with Crippen LogP contribution < -0.4 is 0 Å². The van der Waals surface area contributed by atoms with Crippen LogP contribution in [0.15, 0.2) is 16.7 Å². The minimum absolute atomic E-state index is 0.301. The fourth-order valence-electron chi connectivity index (χ4n) is 2.67.